The molecule has 116 valence electrons. The van der Waals surface area contributed by atoms with Crippen molar-refractivity contribution >= 4 is 0 Å². The zero-order valence-electron chi connectivity index (χ0n) is 12.2. The third-order valence-corrected chi connectivity index (χ3v) is 4.33. The molecule has 0 unspecified atom stereocenters. The van der Waals surface area contributed by atoms with E-state index in [9.17, 15) is 14.6 Å². The maximum Gasteiger partial charge on any atom is 0.218 e. The molecule has 0 saturated carbocycles. The van der Waals surface area contributed by atoms with Crippen molar-refractivity contribution in [3.05, 3.63) is 59.7 Å². The van der Waals surface area contributed by atoms with Crippen molar-refractivity contribution in [3.63, 3.8) is 0 Å². The Labute approximate surface area is 128 Å². The third kappa shape index (κ3) is 2.96. The fourth-order valence-corrected chi connectivity index (χ4v) is 2.97. The lowest BCUT2D eigenvalue weighted by molar-refractivity contribution is -0.0308. The summed E-state index contributed by atoms with van der Waals surface area (Å²) in [5.41, 5.74) is -0.0224. The van der Waals surface area contributed by atoms with E-state index >= 15 is 0 Å². The zero-order chi connectivity index (χ0) is 15.6. The van der Waals surface area contributed by atoms with Crippen molar-refractivity contribution in [2.24, 2.45) is 0 Å². The first kappa shape index (κ1) is 14.9. The molecular weight excluding hydrogens is 283 g/mol. The highest BCUT2D eigenvalue weighted by molar-refractivity contribution is 5.31. The van der Waals surface area contributed by atoms with Crippen LogP contribution in [0, 0.1) is 5.95 Å². The van der Waals surface area contributed by atoms with E-state index in [1.54, 1.807) is 24.3 Å². The van der Waals surface area contributed by atoms with Crippen LogP contribution in [0.1, 0.15) is 24.0 Å². The Morgan fingerprint density at radius 3 is 2.55 bits per heavy atom. The molecule has 22 heavy (non-hydrogen) atoms. The molecule has 0 atom stereocenters. The number of likely N-dealkylation sites (tertiary alicyclic amines) is 1. The summed E-state index contributed by atoms with van der Waals surface area (Å²) in [5.74, 6) is -0.319. The minimum absolute atomic E-state index is 0.275. The van der Waals surface area contributed by atoms with E-state index in [4.69, 9.17) is 0 Å². The van der Waals surface area contributed by atoms with E-state index in [0.717, 1.165) is 5.56 Å². The minimum atomic E-state index is -1.16. The van der Waals surface area contributed by atoms with Gasteiger partial charge in [0.1, 0.15) is 5.75 Å². The van der Waals surface area contributed by atoms with Crippen LogP contribution in [-0.2, 0) is 12.1 Å². The predicted octanol–water partition coefficient (Wildman–Crippen LogP) is 2.41. The van der Waals surface area contributed by atoms with Crippen molar-refractivity contribution in [1.82, 2.24) is 9.88 Å². The van der Waals surface area contributed by atoms with Gasteiger partial charge in [0, 0.05) is 37.0 Å². The number of benzene rings is 1. The lowest BCUT2D eigenvalue weighted by Gasteiger charge is -2.38. The van der Waals surface area contributed by atoms with Crippen molar-refractivity contribution in [2.45, 2.75) is 25.0 Å². The van der Waals surface area contributed by atoms with E-state index in [0.29, 0.717) is 32.5 Å². The van der Waals surface area contributed by atoms with Crippen molar-refractivity contribution < 1.29 is 14.6 Å². The SMILES string of the molecule is Oc1ccccc1CN1CCC(O)(c2cccnc2F)CC1. The van der Waals surface area contributed by atoms with Crippen LogP contribution in [0.25, 0.3) is 0 Å². The van der Waals surface area contributed by atoms with Crippen LogP contribution in [0.15, 0.2) is 42.6 Å². The van der Waals surface area contributed by atoms with Crippen LogP contribution in [0.3, 0.4) is 0 Å². The number of aliphatic hydroxyl groups is 1. The highest BCUT2D eigenvalue weighted by atomic mass is 19.1. The summed E-state index contributed by atoms with van der Waals surface area (Å²) < 4.78 is 13.8. The maximum absolute atomic E-state index is 13.8. The second-order valence-electron chi connectivity index (χ2n) is 5.78. The van der Waals surface area contributed by atoms with Crippen LogP contribution in [0.2, 0.25) is 0 Å². The fourth-order valence-electron chi connectivity index (χ4n) is 2.97. The highest BCUT2D eigenvalue weighted by Gasteiger charge is 2.36. The molecule has 0 aliphatic carbocycles. The summed E-state index contributed by atoms with van der Waals surface area (Å²) in [4.78, 5) is 5.78. The minimum Gasteiger partial charge on any atom is -0.508 e. The van der Waals surface area contributed by atoms with Gasteiger partial charge in [0.15, 0.2) is 0 Å². The molecule has 2 aromatic rings. The zero-order valence-corrected chi connectivity index (χ0v) is 12.2. The summed E-state index contributed by atoms with van der Waals surface area (Å²) >= 11 is 0. The van der Waals surface area contributed by atoms with Gasteiger partial charge in [0.05, 0.1) is 5.60 Å². The average molecular weight is 302 g/mol. The number of halogens is 1. The molecular formula is C17H19FN2O2. The van der Waals surface area contributed by atoms with Gasteiger partial charge in [-0.1, -0.05) is 24.3 Å². The topological polar surface area (TPSA) is 56.6 Å². The molecule has 1 aromatic carbocycles. The van der Waals surface area contributed by atoms with E-state index in [1.165, 1.54) is 6.20 Å². The van der Waals surface area contributed by atoms with Crippen LogP contribution in [0.4, 0.5) is 4.39 Å². The van der Waals surface area contributed by atoms with Crippen LogP contribution in [-0.4, -0.2) is 33.2 Å². The Balaban J connectivity index is 1.68. The maximum atomic E-state index is 13.8. The molecule has 2 N–H and O–H groups in total. The van der Waals surface area contributed by atoms with Crippen LogP contribution in [0.5, 0.6) is 5.75 Å². The molecule has 1 aromatic heterocycles. The summed E-state index contributed by atoms with van der Waals surface area (Å²) in [6.07, 6.45) is 2.28. The quantitative estimate of drug-likeness (QED) is 0.855. The van der Waals surface area contributed by atoms with Crippen LogP contribution < -0.4 is 0 Å². The number of hydrogen-bond acceptors (Lipinski definition) is 4. The van der Waals surface area contributed by atoms with Crippen molar-refractivity contribution in [1.29, 1.82) is 0 Å². The number of pyridine rings is 1. The third-order valence-electron chi connectivity index (χ3n) is 4.33. The van der Waals surface area contributed by atoms with Gasteiger partial charge in [-0.05, 0) is 25.0 Å². The van der Waals surface area contributed by atoms with Gasteiger partial charge in [-0.25, -0.2) is 4.98 Å². The van der Waals surface area contributed by atoms with Gasteiger partial charge in [0.25, 0.3) is 0 Å². The number of aromatic nitrogens is 1. The second-order valence-corrected chi connectivity index (χ2v) is 5.78. The number of para-hydroxylation sites is 1. The lowest BCUT2D eigenvalue weighted by atomic mass is 9.85. The Bertz CT molecular complexity index is 655. The number of hydrogen-bond donors (Lipinski definition) is 2. The van der Waals surface area contributed by atoms with Gasteiger partial charge in [0.2, 0.25) is 5.95 Å². The number of rotatable bonds is 3. The molecule has 0 amide bonds. The molecule has 5 heteroatoms. The molecule has 0 spiro atoms. The van der Waals surface area contributed by atoms with Crippen molar-refractivity contribution in [2.75, 3.05) is 13.1 Å². The molecule has 1 fully saturated rings. The highest BCUT2D eigenvalue weighted by Crippen LogP contribution is 2.34. The van der Waals surface area contributed by atoms with Gasteiger partial charge in [-0.3, -0.25) is 4.90 Å². The Hall–Kier alpha value is -1.98. The summed E-state index contributed by atoms with van der Waals surface area (Å²) in [5, 5.41) is 20.5. The standard InChI is InChI=1S/C17H19FN2O2/c18-16-14(5-3-9-19-16)17(22)7-10-20(11-8-17)12-13-4-1-2-6-15(13)21/h1-6,9,21-22H,7-8,10-12H2. The summed E-state index contributed by atoms with van der Waals surface area (Å²) in [6, 6.07) is 10.5. The first-order valence-corrected chi connectivity index (χ1v) is 7.41. The molecule has 4 nitrogen and oxygen atoms in total. The number of aromatic hydroxyl groups is 1. The average Bonchev–Trinajstić information content (AvgIpc) is 2.52. The Morgan fingerprint density at radius 2 is 1.86 bits per heavy atom. The molecule has 3 rings (SSSR count). The van der Waals surface area contributed by atoms with E-state index in [-0.39, 0.29) is 11.3 Å². The van der Waals surface area contributed by atoms with Gasteiger partial charge < -0.3 is 10.2 Å². The first-order chi connectivity index (χ1) is 10.6. The number of phenolic OH excluding ortho intramolecular Hbond substituents is 1. The summed E-state index contributed by atoms with van der Waals surface area (Å²) in [7, 11) is 0. The predicted molar refractivity (Wildman–Crippen MR) is 80.7 cm³/mol. The smallest absolute Gasteiger partial charge is 0.218 e. The lowest BCUT2D eigenvalue weighted by Crippen LogP contribution is -2.42. The Morgan fingerprint density at radius 1 is 1.14 bits per heavy atom. The van der Waals surface area contributed by atoms with E-state index in [2.05, 4.69) is 9.88 Å². The normalized spacial score (nSPS) is 18.3. The van der Waals surface area contributed by atoms with Gasteiger partial charge >= 0.3 is 0 Å². The van der Waals surface area contributed by atoms with Gasteiger partial charge in [-0.15, -0.1) is 0 Å². The molecule has 1 saturated heterocycles. The second kappa shape index (κ2) is 6.02. The van der Waals surface area contributed by atoms with Gasteiger partial charge in [-0.2, -0.15) is 4.39 Å². The largest absolute Gasteiger partial charge is 0.508 e. The number of phenols is 1. The Kier molecular flexibility index (Phi) is 4.09. The molecule has 0 bridgehead atoms. The molecule has 2 heterocycles. The van der Waals surface area contributed by atoms with E-state index < -0.39 is 11.5 Å². The molecule has 1 aliphatic rings. The monoisotopic (exact) mass is 302 g/mol. The van der Waals surface area contributed by atoms with E-state index in [1.807, 2.05) is 12.1 Å². The first-order valence-electron chi connectivity index (χ1n) is 7.41. The van der Waals surface area contributed by atoms with Crippen molar-refractivity contribution in [3.8, 4) is 5.75 Å². The molecule has 1 aliphatic heterocycles. The molecule has 0 radical (unpaired) electrons. The summed E-state index contributed by atoms with van der Waals surface area (Å²) in [6.45, 7) is 1.90. The van der Waals surface area contributed by atoms with Crippen LogP contribution >= 0.6 is 0 Å². The fraction of sp³-hybridized carbons (Fsp3) is 0.353. The number of piperidine rings is 1. The number of nitrogens with zero attached hydrogens (tertiary/aromatic N) is 2.